The van der Waals surface area contributed by atoms with Crippen molar-refractivity contribution in [2.75, 3.05) is 0 Å². The van der Waals surface area contributed by atoms with Gasteiger partial charge >= 0.3 is 0 Å². The zero-order chi connectivity index (χ0) is 20.1. The van der Waals surface area contributed by atoms with Gasteiger partial charge < -0.3 is 4.74 Å². The van der Waals surface area contributed by atoms with E-state index in [1.165, 1.54) is 23.9 Å². The molecule has 0 bridgehead atoms. The Morgan fingerprint density at radius 1 is 1.32 bits per heavy atom. The van der Waals surface area contributed by atoms with Gasteiger partial charge in [0, 0.05) is 23.6 Å². The summed E-state index contributed by atoms with van der Waals surface area (Å²) in [5.41, 5.74) is 0.971. The third-order valence-electron chi connectivity index (χ3n) is 3.88. The molecule has 3 rings (SSSR count). The highest BCUT2D eigenvalue weighted by atomic mass is 35.5. The molecule has 1 heterocycles. The molecule has 7 nitrogen and oxygen atoms in total. The molecule has 9 heteroatoms. The Kier molecular flexibility index (Phi) is 6.33. The Bertz CT molecular complexity index is 1020. The number of aromatic nitrogens is 3. The number of aryl methyl sites for hydroxylation is 1. The van der Waals surface area contributed by atoms with Crippen molar-refractivity contribution in [2.45, 2.75) is 30.1 Å². The summed E-state index contributed by atoms with van der Waals surface area (Å²) in [7, 11) is 0. The first-order valence-corrected chi connectivity index (χ1v) is 9.52. The summed E-state index contributed by atoms with van der Waals surface area (Å²) in [6, 6.07) is 12.1. The van der Waals surface area contributed by atoms with Crippen LogP contribution in [0.4, 0.5) is 5.69 Å². The number of nitrogens with zero attached hydrogens (tertiary/aromatic N) is 4. The molecule has 0 aliphatic rings. The lowest BCUT2D eigenvalue weighted by Crippen LogP contribution is -2.07. The minimum atomic E-state index is -0.485. The molecule has 0 aliphatic carbocycles. The minimum absolute atomic E-state index is 0.0609. The molecule has 0 aliphatic heterocycles. The van der Waals surface area contributed by atoms with E-state index in [0.717, 1.165) is 11.3 Å². The lowest BCUT2D eigenvalue weighted by molar-refractivity contribution is -0.384. The van der Waals surface area contributed by atoms with Crippen molar-refractivity contribution >= 4 is 29.1 Å². The van der Waals surface area contributed by atoms with Gasteiger partial charge in [0.15, 0.2) is 11.0 Å². The second-order valence-corrected chi connectivity index (χ2v) is 7.24. The molecule has 0 unspecified atom stereocenters. The third-order valence-corrected chi connectivity index (χ3v) is 5.37. The molecule has 28 heavy (non-hydrogen) atoms. The zero-order valence-corrected chi connectivity index (χ0v) is 16.6. The number of rotatable bonds is 8. The highest BCUT2D eigenvalue weighted by Gasteiger charge is 2.16. The van der Waals surface area contributed by atoms with E-state index < -0.39 is 4.92 Å². The number of non-ortho nitro benzene ring substituents is 1. The molecular weight excluding hydrogens is 400 g/mol. The van der Waals surface area contributed by atoms with Crippen LogP contribution in [0.25, 0.3) is 0 Å². The lowest BCUT2D eigenvalue weighted by atomic mass is 10.2. The maximum Gasteiger partial charge on any atom is 0.270 e. The van der Waals surface area contributed by atoms with Crippen LogP contribution in [0.15, 0.2) is 65.2 Å². The summed E-state index contributed by atoms with van der Waals surface area (Å²) in [4.78, 5) is 11.0. The highest BCUT2D eigenvalue weighted by Crippen LogP contribution is 2.35. The fraction of sp³-hybridized carbons (Fsp3) is 0.158. The highest BCUT2D eigenvalue weighted by molar-refractivity contribution is 7.99. The number of allylic oxidation sites excluding steroid dienone is 1. The zero-order valence-electron chi connectivity index (χ0n) is 15.0. The minimum Gasteiger partial charge on any atom is -0.485 e. The van der Waals surface area contributed by atoms with Crippen molar-refractivity contribution in [2.24, 2.45) is 0 Å². The van der Waals surface area contributed by atoms with Gasteiger partial charge in [-0.25, -0.2) is 0 Å². The molecule has 3 aromatic rings. The number of benzene rings is 2. The predicted octanol–water partition coefficient (Wildman–Crippen LogP) is 5.06. The first-order valence-electron chi connectivity index (χ1n) is 8.32. The van der Waals surface area contributed by atoms with Crippen LogP contribution in [0.1, 0.15) is 11.4 Å². The summed E-state index contributed by atoms with van der Waals surface area (Å²) < 4.78 is 7.74. The lowest BCUT2D eigenvalue weighted by Gasteiger charge is -2.11. The van der Waals surface area contributed by atoms with Crippen LogP contribution in [0.3, 0.4) is 0 Å². The normalized spacial score (nSPS) is 10.6. The maximum absolute atomic E-state index is 10.9. The molecule has 1 aromatic heterocycles. The first kappa shape index (κ1) is 19.9. The summed E-state index contributed by atoms with van der Waals surface area (Å²) in [5.74, 6) is 1.42. The van der Waals surface area contributed by atoms with Crippen LogP contribution in [0.2, 0.25) is 5.02 Å². The second kappa shape index (κ2) is 8.90. The van der Waals surface area contributed by atoms with E-state index in [1.807, 2.05) is 35.8 Å². The van der Waals surface area contributed by atoms with Gasteiger partial charge in [-0.15, -0.1) is 16.8 Å². The predicted molar refractivity (Wildman–Crippen MR) is 108 cm³/mol. The summed E-state index contributed by atoms with van der Waals surface area (Å²) in [6.45, 7) is 6.49. The molecule has 0 radical (unpaired) electrons. The molecule has 144 valence electrons. The quantitative estimate of drug-likeness (QED) is 0.290. The van der Waals surface area contributed by atoms with Gasteiger partial charge in [0.25, 0.3) is 5.69 Å². The van der Waals surface area contributed by atoms with E-state index >= 15 is 0 Å². The van der Waals surface area contributed by atoms with E-state index in [2.05, 4.69) is 16.8 Å². The summed E-state index contributed by atoms with van der Waals surface area (Å²) in [5, 5.41) is 20.2. The Morgan fingerprint density at radius 3 is 2.79 bits per heavy atom. The van der Waals surface area contributed by atoms with Gasteiger partial charge in [-0.3, -0.25) is 14.7 Å². The maximum atomic E-state index is 10.9. The van der Waals surface area contributed by atoms with Crippen molar-refractivity contribution in [1.29, 1.82) is 0 Å². The first-order chi connectivity index (χ1) is 13.5. The van der Waals surface area contributed by atoms with Crippen LogP contribution >= 0.6 is 23.4 Å². The van der Waals surface area contributed by atoms with Crippen molar-refractivity contribution < 1.29 is 9.66 Å². The van der Waals surface area contributed by atoms with E-state index in [0.29, 0.717) is 22.4 Å². The number of nitro benzene ring substituents is 1. The van der Waals surface area contributed by atoms with Crippen LogP contribution in [-0.2, 0) is 13.2 Å². The molecule has 0 saturated carbocycles. The smallest absolute Gasteiger partial charge is 0.270 e. The standard InChI is InChI=1S/C19H17ClN4O3S/c1-3-10-23-18(12-27-16-7-5-4-6-13(16)2)21-22-19(23)28-17-9-8-14(24(25)26)11-15(17)20/h3-9,11H,1,10,12H2,2H3. The SMILES string of the molecule is C=CCn1c(COc2ccccc2C)nnc1Sc1ccc([N+](=O)[O-])cc1Cl. The number of para-hydroxylation sites is 1. The molecular formula is C19H17ClN4O3S. The van der Waals surface area contributed by atoms with Crippen molar-refractivity contribution in [3.05, 3.63) is 81.6 Å². The second-order valence-electron chi connectivity index (χ2n) is 5.83. The van der Waals surface area contributed by atoms with Gasteiger partial charge in [0.1, 0.15) is 12.4 Å². The van der Waals surface area contributed by atoms with E-state index in [4.69, 9.17) is 16.3 Å². The van der Waals surface area contributed by atoms with E-state index in [9.17, 15) is 10.1 Å². The molecule has 0 fully saturated rings. The van der Waals surface area contributed by atoms with E-state index in [1.54, 1.807) is 12.1 Å². The van der Waals surface area contributed by atoms with Crippen LogP contribution in [0, 0.1) is 17.0 Å². The Morgan fingerprint density at radius 2 is 2.11 bits per heavy atom. The summed E-state index contributed by atoms with van der Waals surface area (Å²) in [6.07, 6.45) is 1.74. The Hall–Kier alpha value is -2.84. The molecule has 0 amide bonds. The third kappa shape index (κ3) is 4.52. The van der Waals surface area contributed by atoms with Gasteiger partial charge in [0.05, 0.1) is 9.95 Å². The average molecular weight is 417 g/mol. The Balaban J connectivity index is 1.81. The van der Waals surface area contributed by atoms with Crippen LogP contribution < -0.4 is 4.74 Å². The average Bonchev–Trinajstić information content (AvgIpc) is 3.04. The van der Waals surface area contributed by atoms with Crippen LogP contribution in [-0.4, -0.2) is 19.7 Å². The largest absolute Gasteiger partial charge is 0.485 e. The molecule has 2 aromatic carbocycles. The Labute approximate surface area is 171 Å². The molecule has 0 atom stereocenters. The number of nitro groups is 1. The fourth-order valence-corrected chi connectivity index (χ4v) is 3.61. The van der Waals surface area contributed by atoms with Crippen molar-refractivity contribution in [1.82, 2.24) is 14.8 Å². The molecule has 0 saturated heterocycles. The van der Waals surface area contributed by atoms with Gasteiger partial charge in [-0.05, 0) is 36.4 Å². The molecule has 0 N–H and O–H groups in total. The van der Waals surface area contributed by atoms with Gasteiger partial charge in [0.2, 0.25) is 0 Å². The van der Waals surface area contributed by atoms with Crippen molar-refractivity contribution in [3.63, 3.8) is 0 Å². The monoisotopic (exact) mass is 416 g/mol. The fourth-order valence-electron chi connectivity index (χ4n) is 2.46. The van der Waals surface area contributed by atoms with Crippen LogP contribution in [0.5, 0.6) is 5.75 Å². The number of ether oxygens (including phenoxy) is 1. The topological polar surface area (TPSA) is 83.1 Å². The molecule has 0 spiro atoms. The summed E-state index contributed by atoms with van der Waals surface area (Å²) >= 11 is 7.47. The number of hydrogen-bond donors (Lipinski definition) is 0. The number of halogens is 1. The van der Waals surface area contributed by atoms with Crippen molar-refractivity contribution in [3.8, 4) is 5.75 Å². The van der Waals surface area contributed by atoms with Gasteiger partial charge in [-0.2, -0.15) is 0 Å². The number of hydrogen-bond acceptors (Lipinski definition) is 6. The van der Waals surface area contributed by atoms with E-state index in [-0.39, 0.29) is 17.3 Å². The van der Waals surface area contributed by atoms with Gasteiger partial charge in [-0.1, -0.05) is 35.9 Å².